The predicted molar refractivity (Wildman–Crippen MR) is 88.7 cm³/mol. The quantitative estimate of drug-likeness (QED) is 0.875. The standard InChI is InChI=1S/C18H30N2O/c1-4-15-9-11-20(12-10-15)18(2,14-19)13-16-5-7-17(21-3)8-6-16/h5-8,15H,4,9-14,19H2,1-3H3. The lowest BCUT2D eigenvalue weighted by Crippen LogP contribution is -2.55. The number of hydrogen-bond donors (Lipinski definition) is 1. The van der Waals surface area contributed by atoms with E-state index in [0.29, 0.717) is 6.54 Å². The topological polar surface area (TPSA) is 38.5 Å². The van der Waals surface area contributed by atoms with E-state index in [4.69, 9.17) is 10.5 Å². The number of likely N-dealkylation sites (tertiary alicyclic amines) is 1. The van der Waals surface area contributed by atoms with E-state index in [1.54, 1.807) is 7.11 Å². The second-order valence-corrected chi connectivity index (χ2v) is 6.56. The van der Waals surface area contributed by atoms with E-state index < -0.39 is 0 Å². The molecule has 1 aromatic rings. The second-order valence-electron chi connectivity index (χ2n) is 6.56. The van der Waals surface area contributed by atoms with Crippen LogP contribution in [0.5, 0.6) is 5.75 Å². The van der Waals surface area contributed by atoms with Crippen LogP contribution in [0.2, 0.25) is 0 Å². The number of nitrogens with two attached hydrogens (primary N) is 1. The van der Waals surface area contributed by atoms with Gasteiger partial charge in [-0.05, 0) is 62.9 Å². The Kier molecular flexibility index (Phi) is 5.65. The van der Waals surface area contributed by atoms with Gasteiger partial charge >= 0.3 is 0 Å². The van der Waals surface area contributed by atoms with Crippen LogP contribution in [0, 0.1) is 5.92 Å². The maximum Gasteiger partial charge on any atom is 0.118 e. The summed E-state index contributed by atoms with van der Waals surface area (Å²) < 4.78 is 5.23. The highest BCUT2D eigenvalue weighted by Crippen LogP contribution is 2.28. The Labute approximate surface area is 129 Å². The van der Waals surface area contributed by atoms with Crippen molar-refractivity contribution in [2.45, 2.75) is 45.1 Å². The predicted octanol–water partition coefficient (Wildman–Crippen LogP) is 3.08. The summed E-state index contributed by atoms with van der Waals surface area (Å²) in [5, 5.41) is 0. The summed E-state index contributed by atoms with van der Waals surface area (Å²) in [6.07, 6.45) is 4.94. The molecule has 0 radical (unpaired) electrons. The molecule has 0 bridgehead atoms. The molecule has 0 saturated carbocycles. The van der Waals surface area contributed by atoms with Gasteiger partial charge in [-0.2, -0.15) is 0 Å². The van der Waals surface area contributed by atoms with E-state index in [1.807, 2.05) is 12.1 Å². The second kappa shape index (κ2) is 7.28. The monoisotopic (exact) mass is 290 g/mol. The highest BCUT2D eigenvalue weighted by atomic mass is 16.5. The number of nitrogens with zero attached hydrogens (tertiary/aromatic N) is 1. The van der Waals surface area contributed by atoms with Crippen LogP contribution in [0.15, 0.2) is 24.3 Å². The van der Waals surface area contributed by atoms with Gasteiger partial charge in [0, 0.05) is 12.1 Å². The van der Waals surface area contributed by atoms with Crippen molar-refractivity contribution in [1.29, 1.82) is 0 Å². The largest absolute Gasteiger partial charge is 0.497 e. The van der Waals surface area contributed by atoms with Crippen LogP contribution in [-0.4, -0.2) is 37.2 Å². The molecule has 1 aromatic carbocycles. The molecule has 1 saturated heterocycles. The minimum atomic E-state index is 0.0628. The number of rotatable bonds is 6. The van der Waals surface area contributed by atoms with Crippen molar-refractivity contribution in [3.8, 4) is 5.75 Å². The van der Waals surface area contributed by atoms with Gasteiger partial charge in [0.05, 0.1) is 7.11 Å². The normalized spacial score (nSPS) is 20.2. The van der Waals surface area contributed by atoms with Gasteiger partial charge in [-0.15, -0.1) is 0 Å². The summed E-state index contributed by atoms with van der Waals surface area (Å²) in [4.78, 5) is 2.60. The SMILES string of the molecule is CCC1CCN(C(C)(CN)Cc2ccc(OC)cc2)CC1. The maximum atomic E-state index is 6.14. The molecule has 1 fully saturated rings. The third-order valence-corrected chi connectivity index (χ3v) is 5.14. The van der Waals surface area contributed by atoms with Crippen molar-refractivity contribution in [2.24, 2.45) is 11.7 Å². The molecule has 0 aliphatic carbocycles. The molecule has 1 atom stereocenters. The van der Waals surface area contributed by atoms with Crippen LogP contribution in [0.1, 0.15) is 38.7 Å². The van der Waals surface area contributed by atoms with Gasteiger partial charge in [0.25, 0.3) is 0 Å². The molecule has 1 aliphatic heterocycles. The van der Waals surface area contributed by atoms with Gasteiger partial charge in [-0.1, -0.05) is 25.5 Å². The molecule has 3 heteroatoms. The molecule has 0 amide bonds. The molecule has 21 heavy (non-hydrogen) atoms. The zero-order valence-corrected chi connectivity index (χ0v) is 13.8. The van der Waals surface area contributed by atoms with Crippen molar-refractivity contribution >= 4 is 0 Å². The third-order valence-electron chi connectivity index (χ3n) is 5.14. The van der Waals surface area contributed by atoms with Gasteiger partial charge in [0.15, 0.2) is 0 Å². The fourth-order valence-corrected chi connectivity index (χ4v) is 3.38. The van der Waals surface area contributed by atoms with Gasteiger partial charge in [0.1, 0.15) is 5.75 Å². The van der Waals surface area contributed by atoms with Gasteiger partial charge in [0.2, 0.25) is 0 Å². The Bertz CT molecular complexity index is 423. The zero-order valence-electron chi connectivity index (χ0n) is 13.8. The van der Waals surface area contributed by atoms with E-state index in [0.717, 1.165) is 18.1 Å². The van der Waals surface area contributed by atoms with E-state index >= 15 is 0 Å². The Morgan fingerprint density at radius 1 is 1.24 bits per heavy atom. The van der Waals surface area contributed by atoms with Crippen molar-refractivity contribution in [2.75, 3.05) is 26.7 Å². The van der Waals surface area contributed by atoms with Gasteiger partial charge in [-0.3, -0.25) is 4.90 Å². The highest BCUT2D eigenvalue weighted by molar-refractivity contribution is 5.28. The van der Waals surface area contributed by atoms with E-state index in [1.165, 1.54) is 37.9 Å². The Morgan fingerprint density at radius 3 is 2.33 bits per heavy atom. The molecule has 2 rings (SSSR count). The molecule has 2 N–H and O–H groups in total. The number of hydrogen-bond acceptors (Lipinski definition) is 3. The average molecular weight is 290 g/mol. The lowest BCUT2D eigenvalue weighted by molar-refractivity contribution is 0.0667. The summed E-state index contributed by atoms with van der Waals surface area (Å²) in [6.45, 7) is 7.68. The van der Waals surface area contributed by atoms with E-state index in [2.05, 4.69) is 30.9 Å². The van der Waals surface area contributed by atoms with E-state index in [-0.39, 0.29) is 5.54 Å². The van der Waals surface area contributed by atoms with Gasteiger partial charge in [-0.25, -0.2) is 0 Å². The molecule has 0 aromatic heterocycles. The van der Waals surface area contributed by atoms with Crippen LogP contribution in [0.25, 0.3) is 0 Å². The molecule has 1 aliphatic rings. The third kappa shape index (κ3) is 3.98. The van der Waals surface area contributed by atoms with Crippen molar-refractivity contribution in [3.05, 3.63) is 29.8 Å². The van der Waals surface area contributed by atoms with Crippen molar-refractivity contribution < 1.29 is 4.74 Å². The van der Waals surface area contributed by atoms with Crippen LogP contribution in [0.3, 0.4) is 0 Å². The van der Waals surface area contributed by atoms with Crippen LogP contribution in [-0.2, 0) is 6.42 Å². The average Bonchev–Trinajstić information content (AvgIpc) is 2.55. The minimum Gasteiger partial charge on any atom is -0.497 e. The first kappa shape index (κ1) is 16.3. The van der Waals surface area contributed by atoms with Gasteiger partial charge < -0.3 is 10.5 Å². The Balaban J connectivity index is 2.02. The number of methoxy groups -OCH3 is 1. The summed E-state index contributed by atoms with van der Waals surface area (Å²) in [6, 6.07) is 8.39. The first-order valence-corrected chi connectivity index (χ1v) is 8.19. The van der Waals surface area contributed by atoms with Crippen LogP contribution >= 0.6 is 0 Å². The summed E-state index contributed by atoms with van der Waals surface area (Å²) in [5.41, 5.74) is 7.54. The lowest BCUT2D eigenvalue weighted by atomic mass is 9.86. The Hall–Kier alpha value is -1.06. The fraction of sp³-hybridized carbons (Fsp3) is 0.667. The lowest BCUT2D eigenvalue weighted by Gasteiger charge is -2.44. The summed E-state index contributed by atoms with van der Waals surface area (Å²) >= 11 is 0. The zero-order chi connectivity index (χ0) is 15.3. The molecule has 118 valence electrons. The van der Waals surface area contributed by atoms with Crippen molar-refractivity contribution in [1.82, 2.24) is 4.90 Å². The first-order valence-electron chi connectivity index (χ1n) is 8.19. The smallest absolute Gasteiger partial charge is 0.118 e. The van der Waals surface area contributed by atoms with Crippen LogP contribution in [0.4, 0.5) is 0 Å². The summed E-state index contributed by atoms with van der Waals surface area (Å²) in [5.74, 6) is 1.82. The highest BCUT2D eigenvalue weighted by Gasteiger charge is 2.33. The first-order chi connectivity index (χ1) is 10.1. The fourth-order valence-electron chi connectivity index (χ4n) is 3.38. The molecular formula is C18H30N2O. The van der Waals surface area contributed by atoms with Crippen molar-refractivity contribution in [3.63, 3.8) is 0 Å². The molecular weight excluding hydrogens is 260 g/mol. The molecule has 1 heterocycles. The number of ether oxygens (including phenoxy) is 1. The minimum absolute atomic E-state index is 0.0628. The summed E-state index contributed by atoms with van der Waals surface area (Å²) in [7, 11) is 1.71. The maximum absolute atomic E-state index is 6.14. The molecule has 3 nitrogen and oxygen atoms in total. The van der Waals surface area contributed by atoms with Crippen LogP contribution < -0.4 is 10.5 Å². The molecule has 0 spiro atoms. The van der Waals surface area contributed by atoms with E-state index in [9.17, 15) is 0 Å². The Morgan fingerprint density at radius 2 is 1.86 bits per heavy atom. The number of benzene rings is 1. The molecule has 1 unspecified atom stereocenters. The number of piperidine rings is 1.